The lowest BCUT2D eigenvalue weighted by molar-refractivity contribution is 0.888. The van der Waals surface area contributed by atoms with Crippen molar-refractivity contribution in [3.05, 3.63) is 28.6 Å². The van der Waals surface area contributed by atoms with E-state index in [0.29, 0.717) is 6.04 Å². The summed E-state index contributed by atoms with van der Waals surface area (Å²) in [5.74, 6) is 0.771. The SMILES string of the molecule is CC(C)Nc1cc(=O)cc[nH]1. The zero-order chi connectivity index (χ0) is 8.27. The first-order valence-corrected chi connectivity index (χ1v) is 3.64. The summed E-state index contributed by atoms with van der Waals surface area (Å²) in [7, 11) is 0. The van der Waals surface area contributed by atoms with Crippen molar-refractivity contribution in [2.24, 2.45) is 0 Å². The number of H-pyrrole nitrogens is 1. The molecule has 0 aliphatic heterocycles. The van der Waals surface area contributed by atoms with E-state index in [1.807, 2.05) is 13.8 Å². The Morgan fingerprint density at radius 1 is 1.55 bits per heavy atom. The van der Waals surface area contributed by atoms with Gasteiger partial charge in [0.1, 0.15) is 5.82 Å². The molecule has 0 aromatic carbocycles. The fourth-order valence-corrected chi connectivity index (χ4v) is 0.840. The number of aromatic nitrogens is 1. The van der Waals surface area contributed by atoms with Gasteiger partial charge in [-0.2, -0.15) is 0 Å². The molecule has 1 heterocycles. The fourth-order valence-electron chi connectivity index (χ4n) is 0.840. The largest absolute Gasteiger partial charge is 0.369 e. The van der Waals surface area contributed by atoms with Gasteiger partial charge in [-0.25, -0.2) is 0 Å². The first kappa shape index (κ1) is 7.85. The van der Waals surface area contributed by atoms with Gasteiger partial charge in [0.2, 0.25) is 0 Å². The Morgan fingerprint density at radius 2 is 2.27 bits per heavy atom. The third-order valence-corrected chi connectivity index (χ3v) is 1.22. The van der Waals surface area contributed by atoms with Crippen LogP contribution >= 0.6 is 0 Å². The highest BCUT2D eigenvalue weighted by Gasteiger charge is 1.93. The second-order valence-corrected chi connectivity index (χ2v) is 2.74. The van der Waals surface area contributed by atoms with E-state index < -0.39 is 0 Å². The van der Waals surface area contributed by atoms with Crippen LogP contribution in [0.4, 0.5) is 5.82 Å². The minimum atomic E-state index is 0.0203. The summed E-state index contributed by atoms with van der Waals surface area (Å²) in [5.41, 5.74) is 0.0203. The van der Waals surface area contributed by atoms with E-state index in [4.69, 9.17) is 0 Å². The Kier molecular flexibility index (Phi) is 2.31. The van der Waals surface area contributed by atoms with Crippen LogP contribution in [0.3, 0.4) is 0 Å². The molecule has 11 heavy (non-hydrogen) atoms. The molecule has 0 aliphatic rings. The van der Waals surface area contributed by atoms with Gasteiger partial charge in [-0.05, 0) is 13.8 Å². The van der Waals surface area contributed by atoms with Gasteiger partial charge in [-0.15, -0.1) is 0 Å². The molecular weight excluding hydrogens is 140 g/mol. The molecule has 1 aromatic rings. The van der Waals surface area contributed by atoms with Gasteiger partial charge in [0.05, 0.1) is 0 Å². The van der Waals surface area contributed by atoms with Crippen LogP contribution in [-0.2, 0) is 0 Å². The van der Waals surface area contributed by atoms with E-state index in [2.05, 4.69) is 10.3 Å². The lowest BCUT2D eigenvalue weighted by atomic mass is 10.4. The Balaban J connectivity index is 2.80. The van der Waals surface area contributed by atoms with Crippen LogP contribution in [0.25, 0.3) is 0 Å². The molecule has 0 unspecified atom stereocenters. The number of nitrogens with one attached hydrogen (secondary N) is 2. The Hall–Kier alpha value is -1.25. The average molecular weight is 152 g/mol. The highest BCUT2D eigenvalue weighted by atomic mass is 16.1. The molecule has 0 radical (unpaired) electrons. The smallest absolute Gasteiger partial charge is 0.183 e. The van der Waals surface area contributed by atoms with Crippen LogP contribution in [0.2, 0.25) is 0 Å². The summed E-state index contributed by atoms with van der Waals surface area (Å²) in [4.78, 5) is 13.7. The summed E-state index contributed by atoms with van der Waals surface area (Å²) >= 11 is 0. The van der Waals surface area contributed by atoms with Crippen molar-refractivity contribution >= 4 is 5.82 Å². The molecule has 0 atom stereocenters. The van der Waals surface area contributed by atoms with Crippen molar-refractivity contribution in [3.63, 3.8) is 0 Å². The first-order valence-electron chi connectivity index (χ1n) is 3.64. The third-order valence-electron chi connectivity index (χ3n) is 1.22. The van der Waals surface area contributed by atoms with E-state index in [-0.39, 0.29) is 5.43 Å². The minimum absolute atomic E-state index is 0.0203. The number of rotatable bonds is 2. The maximum Gasteiger partial charge on any atom is 0.183 e. The molecule has 0 saturated carbocycles. The molecule has 3 nitrogen and oxygen atoms in total. The molecule has 0 bridgehead atoms. The molecule has 2 N–H and O–H groups in total. The van der Waals surface area contributed by atoms with Crippen LogP contribution in [0.5, 0.6) is 0 Å². The Bertz CT molecular complexity index is 277. The topological polar surface area (TPSA) is 44.9 Å². The summed E-state index contributed by atoms with van der Waals surface area (Å²) in [6.07, 6.45) is 1.63. The second-order valence-electron chi connectivity index (χ2n) is 2.74. The molecule has 3 heteroatoms. The zero-order valence-electron chi connectivity index (χ0n) is 6.72. The van der Waals surface area contributed by atoms with Gasteiger partial charge in [0.15, 0.2) is 5.43 Å². The summed E-state index contributed by atoms with van der Waals surface area (Å²) in [6, 6.07) is 3.37. The third kappa shape index (κ3) is 2.45. The van der Waals surface area contributed by atoms with Crippen LogP contribution in [0, 0.1) is 0 Å². The lowest BCUT2D eigenvalue weighted by Gasteiger charge is -2.07. The van der Waals surface area contributed by atoms with Crippen LogP contribution in [0.1, 0.15) is 13.8 Å². The molecule has 0 spiro atoms. The van der Waals surface area contributed by atoms with Crippen molar-refractivity contribution in [1.82, 2.24) is 4.98 Å². The van der Waals surface area contributed by atoms with E-state index >= 15 is 0 Å². The molecular formula is C8H12N2O. The standard InChI is InChI=1S/C8H12N2O/c1-6(2)10-8-5-7(11)3-4-9-8/h3-6H,1-2H3,(H2,9,10,11). The predicted molar refractivity (Wildman–Crippen MR) is 45.8 cm³/mol. The van der Waals surface area contributed by atoms with E-state index in [0.717, 1.165) is 5.82 Å². The van der Waals surface area contributed by atoms with Gasteiger partial charge >= 0.3 is 0 Å². The van der Waals surface area contributed by atoms with Crippen LogP contribution in [-0.4, -0.2) is 11.0 Å². The Morgan fingerprint density at radius 3 is 2.82 bits per heavy atom. The number of anilines is 1. The molecule has 1 aromatic heterocycles. The normalized spacial score (nSPS) is 10.1. The van der Waals surface area contributed by atoms with Gasteiger partial charge in [-0.1, -0.05) is 0 Å². The van der Waals surface area contributed by atoms with Crippen LogP contribution < -0.4 is 10.7 Å². The van der Waals surface area contributed by atoms with Crippen molar-refractivity contribution in [1.29, 1.82) is 0 Å². The van der Waals surface area contributed by atoms with Gasteiger partial charge in [0, 0.05) is 24.4 Å². The fraction of sp³-hybridized carbons (Fsp3) is 0.375. The Labute approximate surface area is 65.5 Å². The maximum absolute atomic E-state index is 10.8. The quantitative estimate of drug-likeness (QED) is 0.668. The monoisotopic (exact) mass is 152 g/mol. The lowest BCUT2D eigenvalue weighted by Crippen LogP contribution is -2.12. The minimum Gasteiger partial charge on any atom is -0.369 e. The molecule has 0 amide bonds. The van der Waals surface area contributed by atoms with Crippen molar-refractivity contribution in [2.45, 2.75) is 19.9 Å². The average Bonchev–Trinajstić information content (AvgIpc) is 1.85. The van der Waals surface area contributed by atoms with Crippen molar-refractivity contribution in [3.8, 4) is 0 Å². The van der Waals surface area contributed by atoms with Gasteiger partial charge in [0.25, 0.3) is 0 Å². The number of hydrogen-bond donors (Lipinski definition) is 2. The van der Waals surface area contributed by atoms with Gasteiger partial charge < -0.3 is 10.3 Å². The molecule has 1 rings (SSSR count). The van der Waals surface area contributed by atoms with Crippen molar-refractivity contribution in [2.75, 3.05) is 5.32 Å². The highest BCUT2D eigenvalue weighted by molar-refractivity contribution is 5.33. The van der Waals surface area contributed by atoms with E-state index in [1.54, 1.807) is 12.3 Å². The number of aromatic amines is 1. The molecule has 0 saturated heterocycles. The summed E-state index contributed by atoms with van der Waals surface area (Å²) in [5, 5.41) is 3.09. The number of pyridine rings is 1. The van der Waals surface area contributed by atoms with Crippen molar-refractivity contribution < 1.29 is 0 Å². The molecule has 60 valence electrons. The maximum atomic E-state index is 10.8. The highest BCUT2D eigenvalue weighted by Crippen LogP contribution is 1.97. The molecule has 0 aliphatic carbocycles. The number of hydrogen-bond acceptors (Lipinski definition) is 2. The second kappa shape index (κ2) is 3.23. The molecule has 0 fully saturated rings. The zero-order valence-corrected chi connectivity index (χ0v) is 6.72. The van der Waals surface area contributed by atoms with E-state index in [9.17, 15) is 4.79 Å². The van der Waals surface area contributed by atoms with Crippen LogP contribution in [0.15, 0.2) is 23.1 Å². The summed E-state index contributed by atoms with van der Waals surface area (Å²) in [6.45, 7) is 4.04. The summed E-state index contributed by atoms with van der Waals surface area (Å²) < 4.78 is 0. The van der Waals surface area contributed by atoms with Gasteiger partial charge in [-0.3, -0.25) is 4.79 Å². The first-order chi connectivity index (χ1) is 5.18. The van der Waals surface area contributed by atoms with E-state index in [1.165, 1.54) is 6.07 Å². The predicted octanol–water partition coefficient (Wildman–Crippen LogP) is 1.20.